The van der Waals surface area contributed by atoms with E-state index in [4.69, 9.17) is 0 Å². The lowest BCUT2D eigenvalue weighted by atomic mass is 9.71. The molecule has 1 saturated carbocycles. The van der Waals surface area contributed by atoms with Crippen molar-refractivity contribution in [2.75, 3.05) is 13.1 Å². The average molecular weight is 278 g/mol. The minimum atomic E-state index is 0.409. The molecule has 1 heterocycles. The Kier molecular flexibility index (Phi) is 6.02. The van der Waals surface area contributed by atoms with Gasteiger partial charge in [0.05, 0.1) is 0 Å². The van der Waals surface area contributed by atoms with E-state index in [0.717, 1.165) is 32.5 Å². The predicted molar refractivity (Wildman–Crippen MR) is 82.7 cm³/mol. The highest BCUT2D eigenvalue weighted by molar-refractivity contribution is 4.96. The second kappa shape index (κ2) is 7.77. The van der Waals surface area contributed by atoms with Crippen LogP contribution in [0.25, 0.3) is 0 Å². The molecule has 20 heavy (non-hydrogen) atoms. The molecule has 2 rings (SSSR count). The maximum atomic E-state index is 4.53. The lowest BCUT2D eigenvalue weighted by molar-refractivity contribution is 0.175. The Labute approximate surface area is 123 Å². The summed E-state index contributed by atoms with van der Waals surface area (Å²) >= 11 is 0. The van der Waals surface area contributed by atoms with Crippen LogP contribution in [0, 0.1) is 5.41 Å². The first-order valence-electron chi connectivity index (χ1n) is 8.37. The van der Waals surface area contributed by atoms with E-state index >= 15 is 0 Å². The molecule has 0 atom stereocenters. The lowest BCUT2D eigenvalue weighted by Gasteiger charge is -2.37. The van der Waals surface area contributed by atoms with Crippen molar-refractivity contribution in [2.24, 2.45) is 5.41 Å². The molecule has 1 aromatic heterocycles. The molecule has 4 nitrogen and oxygen atoms in total. The van der Waals surface area contributed by atoms with Crippen molar-refractivity contribution >= 4 is 0 Å². The van der Waals surface area contributed by atoms with E-state index < -0.39 is 0 Å². The molecule has 1 N–H and O–H groups in total. The van der Waals surface area contributed by atoms with Crippen molar-refractivity contribution in [3.8, 4) is 0 Å². The molecule has 1 aliphatic rings. The molecule has 0 spiro atoms. The van der Waals surface area contributed by atoms with Crippen molar-refractivity contribution in [2.45, 2.75) is 71.8 Å². The number of aromatic nitrogens is 3. The highest BCUT2D eigenvalue weighted by Gasteiger charge is 2.33. The lowest BCUT2D eigenvalue weighted by Crippen LogP contribution is -2.39. The van der Waals surface area contributed by atoms with Crippen LogP contribution in [0.5, 0.6) is 0 Å². The number of hydrogen-bond donors (Lipinski definition) is 1. The zero-order valence-corrected chi connectivity index (χ0v) is 13.2. The summed E-state index contributed by atoms with van der Waals surface area (Å²) < 4.78 is 2.11. The van der Waals surface area contributed by atoms with E-state index in [-0.39, 0.29) is 0 Å². The molecule has 0 aliphatic heterocycles. The summed E-state index contributed by atoms with van der Waals surface area (Å²) in [5.41, 5.74) is 0.409. The summed E-state index contributed by atoms with van der Waals surface area (Å²) in [6, 6.07) is 0. The van der Waals surface area contributed by atoms with Crippen molar-refractivity contribution in [1.82, 2.24) is 20.1 Å². The molecular weight excluding hydrogens is 248 g/mol. The number of hydrogen-bond acceptors (Lipinski definition) is 3. The fraction of sp³-hybridized carbons (Fsp3) is 0.875. The van der Waals surface area contributed by atoms with Crippen LogP contribution in [-0.2, 0) is 13.0 Å². The molecule has 0 unspecified atom stereocenters. The molecule has 0 saturated heterocycles. The summed E-state index contributed by atoms with van der Waals surface area (Å²) in [6.45, 7) is 7.69. The normalized spacial score (nSPS) is 18.3. The molecule has 0 bridgehead atoms. The maximum Gasteiger partial charge on any atom is 0.138 e. The van der Waals surface area contributed by atoms with Crippen molar-refractivity contribution in [1.29, 1.82) is 0 Å². The third kappa shape index (κ3) is 4.05. The van der Waals surface area contributed by atoms with Crippen LogP contribution in [0.1, 0.15) is 64.6 Å². The third-order valence-corrected chi connectivity index (χ3v) is 4.51. The van der Waals surface area contributed by atoms with E-state index in [1.54, 1.807) is 6.33 Å². The van der Waals surface area contributed by atoms with E-state index in [9.17, 15) is 0 Å². The molecule has 0 radical (unpaired) electrons. The Morgan fingerprint density at radius 2 is 2.00 bits per heavy atom. The molecule has 1 fully saturated rings. The standard InChI is InChI=1S/C16H30N4/c1-3-10-17-13-16(8-6-5-7-9-16)12-15-18-14-19-20(15)11-4-2/h14,17H,3-13H2,1-2H3. The van der Waals surface area contributed by atoms with Gasteiger partial charge in [-0.15, -0.1) is 0 Å². The van der Waals surface area contributed by atoms with Crippen LogP contribution in [0.4, 0.5) is 0 Å². The topological polar surface area (TPSA) is 42.7 Å². The Morgan fingerprint density at radius 3 is 2.70 bits per heavy atom. The first kappa shape index (κ1) is 15.5. The van der Waals surface area contributed by atoms with Gasteiger partial charge in [-0.25, -0.2) is 4.98 Å². The SMILES string of the molecule is CCCNCC1(Cc2ncnn2CCC)CCCCC1. The van der Waals surface area contributed by atoms with Crippen LogP contribution in [-0.4, -0.2) is 27.9 Å². The van der Waals surface area contributed by atoms with Gasteiger partial charge in [0.15, 0.2) is 0 Å². The first-order chi connectivity index (χ1) is 9.79. The molecule has 1 aliphatic carbocycles. The van der Waals surface area contributed by atoms with Crippen LogP contribution in [0.15, 0.2) is 6.33 Å². The Balaban J connectivity index is 2.04. The van der Waals surface area contributed by atoms with Gasteiger partial charge in [-0.2, -0.15) is 5.10 Å². The van der Waals surface area contributed by atoms with E-state index in [1.165, 1.54) is 44.3 Å². The second-order valence-electron chi connectivity index (χ2n) is 6.31. The summed E-state index contributed by atoms with van der Waals surface area (Å²) in [5, 5.41) is 8.04. The predicted octanol–water partition coefficient (Wildman–Crippen LogP) is 3.18. The molecule has 1 aromatic rings. The molecule has 0 aromatic carbocycles. The van der Waals surface area contributed by atoms with Gasteiger partial charge in [0.1, 0.15) is 12.2 Å². The van der Waals surface area contributed by atoms with Crippen LogP contribution < -0.4 is 5.32 Å². The fourth-order valence-electron chi connectivity index (χ4n) is 3.41. The maximum absolute atomic E-state index is 4.53. The van der Waals surface area contributed by atoms with Gasteiger partial charge < -0.3 is 5.32 Å². The zero-order chi connectivity index (χ0) is 14.3. The summed E-state index contributed by atoms with van der Waals surface area (Å²) in [4.78, 5) is 4.53. The quantitative estimate of drug-likeness (QED) is 0.743. The monoisotopic (exact) mass is 278 g/mol. The average Bonchev–Trinajstić information content (AvgIpc) is 2.88. The largest absolute Gasteiger partial charge is 0.316 e. The van der Waals surface area contributed by atoms with Crippen molar-refractivity contribution < 1.29 is 0 Å². The van der Waals surface area contributed by atoms with Gasteiger partial charge in [-0.05, 0) is 37.6 Å². The highest BCUT2D eigenvalue weighted by Crippen LogP contribution is 2.38. The number of nitrogens with zero attached hydrogens (tertiary/aromatic N) is 3. The van der Waals surface area contributed by atoms with Crippen LogP contribution >= 0.6 is 0 Å². The van der Waals surface area contributed by atoms with Crippen LogP contribution in [0.3, 0.4) is 0 Å². The van der Waals surface area contributed by atoms with Crippen LogP contribution in [0.2, 0.25) is 0 Å². The number of rotatable bonds is 8. The molecule has 4 heteroatoms. The molecular formula is C16H30N4. The van der Waals surface area contributed by atoms with Gasteiger partial charge in [0, 0.05) is 19.5 Å². The summed E-state index contributed by atoms with van der Waals surface area (Å²) in [6.07, 6.45) is 12.0. The van der Waals surface area contributed by atoms with Gasteiger partial charge in [0.2, 0.25) is 0 Å². The summed E-state index contributed by atoms with van der Waals surface area (Å²) in [7, 11) is 0. The molecule has 114 valence electrons. The van der Waals surface area contributed by atoms with Crippen molar-refractivity contribution in [3.05, 3.63) is 12.2 Å². The van der Waals surface area contributed by atoms with E-state index in [2.05, 4.69) is 33.9 Å². The third-order valence-electron chi connectivity index (χ3n) is 4.51. The highest BCUT2D eigenvalue weighted by atomic mass is 15.3. The van der Waals surface area contributed by atoms with Crippen molar-refractivity contribution in [3.63, 3.8) is 0 Å². The summed E-state index contributed by atoms with van der Waals surface area (Å²) in [5.74, 6) is 1.19. The zero-order valence-electron chi connectivity index (χ0n) is 13.2. The Morgan fingerprint density at radius 1 is 1.20 bits per heavy atom. The van der Waals surface area contributed by atoms with Gasteiger partial charge in [0.25, 0.3) is 0 Å². The fourth-order valence-corrected chi connectivity index (χ4v) is 3.41. The Hall–Kier alpha value is -0.900. The van der Waals surface area contributed by atoms with E-state index in [1.807, 2.05) is 0 Å². The minimum Gasteiger partial charge on any atom is -0.316 e. The minimum absolute atomic E-state index is 0.409. The van der Waals surface area contributed by atoms with Gasteiger partial charge in [-0.3, -0.25) is 4.68 Å². The smallest absolute Gasteiger partial charge is 0.138 e. The molecule has 0 amide bonds. The number of nitrogens with one attached hydrogen (secondary N) is 1. The first-order valence-corrected chi connectivity index (χ1v) is 8.37. The van der Waals surface area contributed by atoms with E-state index in [0.29, 0.717) is 5.41 Å². The van der Waals surface area contributed by atoms with Gasteiger partial charge >= 0.3 is 0 Å². The van der Waals surface area contributed by atoms with Gasteiger partial charge in [-0.1, -0.05) is 33.1 Å². The number of aryl methyl sites for hydroxylation is 1. The second-order valence-corrected chi connectivity index (χ2v) is 6.31. The Bertz CT molecular complexity index is 380.